The monoisotopic (exact) mass is 286 g/mol. The van der Waals surface area contributed by atoms with E-state index in [1.807, 2.05) is 24.3 Å². The molecular weight excluding hydrogens is 272 g/mol. The predicted molar refractivity (Wildman–Crippen MR) is 76.8 cm³/mol. The molecule has 0 radical (unpaired) electrons. The molecule has 0 spiro atoms. The Morgan fingerprint density at radius 1 is 1.33 bits per heavy atom. The highest BCUT2D eigenvalue weighted by molar-refractivity contribution is 6.26. The summed E-state index contributed by atoms with van der Waals surface area (Å²) >= 11 is 0. The summed E-state index contributed by atoms with van der Waals surface area (Å²) in [7, 11) is 1.24. The number of aromatic nitrogens is 1. The molecule has 0 unspecified atom stereocenters. The second-order valence-corrected chi connectivity index (χ2v) is 4.82. The quantitative estimate of drug-likeness (QED) is 0.841. The van der Waals surface area contributed by atoms with Crippen molar-refractivity contribution in [2.45, 2.75) is 0 Å². The average molecular weight is 286 g/mol. The largest absolute Gasteiger partial charge is 0.510 e. The van der Waals surface area contributed by atoms with Gasteiger partial charge in [-0.05, 0) is 6.07 Å². The Morgan fingerprint density at radius 2 is 2.10 bits per heavy atom. The molecule has 1 aliphatic rings. The van der Waals surface area contributed by atoms with E-state index in [2.05, 4.69) is 9.72 Å². The van der Waals surface area contributed by atoms with E-state index >= 15 is 0 Å². The fourth-order valence-corrected chi connectivity index (χ4v) is 2.57. The Bertz CT molecular complexity index is 760. The van der Waals surface area contributed by atoms with Crippen molar-refractivity contribution in [2.75, 3.05) is 20.2 Å². The van der Waals surface area contributed by atoms with Gasteiger partial charge < -0.3 is 14.8 Å². The number of aliphatic hydroxyl groups excluding tert-OH is 1. The van der Waals surface area contributed by atoms with Crippen molar-refractivity contribution in [3.05, 3.63) is 41.8 Å². The standard InChI is InChI=1S/C15H14N2O4/c1-21-15(20)17-7-12(18)14(13(19)8-17)10-6-16-11-5-3-2-4-9(10)11/h2-6,16,18H,7-8H2,1H3. The van der Waals surface area contributed by atoms with Crippen LogP contribution >= 0.6 is 0 Å². The Labute approximate surface area is 120 Å². The lowest BCUT2D eigenvalue weighted by Crippen LogP contribution is -2.41. The van der Waals surface area contributed by atoms with Gasteiger partial charge in [0.05, 0.1) is 25.8 Å². The average Bonchev–Trinajstić information content (AvgIpc) is 2.90. The zero-order chi connectivity index (χ0) is 15.0. The number of nitrogens with zero attached hydrogens (tertiary/aromatic N) is 1. The molecule has 108 valence electrons. The Hall–Kier alpha value is -2.76. The van der Waals surface area contributed by atoms with Crippen molar-refractivity contribution in [3.63, 3.8) is 0 Å². The van der Waals surface area contributed by atoms with Gasteiger partial charge in [0.25, 0.3) is 0 Å². The summed E-state index contributed by atoms with van der Waals surface area (Å²) in [5, 5.41) is 11.0. The zero-order valence-corrected chi connectivity index (χ0v) is 11.4. The van der Waals surface area contributed by atoms with Gasteiger partial charge in [-0.2, -0.15) is 0 Å². The number of ketones is 1. The van der Waals surface area contributed by atoms with Crippen LogP contribution in [-0.2, 0) is 9.53 Å². The van der Waals surface area contributed by atoms with Crippen molar-refractivity contribution in [1.29, 1.82) is 0 Å². The number of methoxy groups -OCH3 is 1. The predicted octanol–water partition coefficient (Wildman–Crippen LogP) is 2.09. The van der Waals surface area contributed by atoms with Crippen LogP contribution in [0.3, 0.4) is 0 Å². The molecule has 0 aliphatic carbocycles. The Kier molecular flexibility index (Phi) is 3.13. The number of Topliss-reactive ketones (excluding diaryl/α,β-unsaturated/α-hetero) is 1. The number of ether oxygens (including phenoxy) is 1. The number of hydrogen-bond acceptors (Lipinski definition) is 4. The molecule has 1 aromatic heterocycles. The smallest absolute Gasteiger partial charge is 0.410 e. The number of aliphatic hydroxyl groups is 1. The van der Waals surface area contributed by atoms with Crippen LogP contribution < -0.4 is 0 Å². The van der Waals surface area contributed by atoms with Crippen LogP contribution in [0.25, 0.3) is 16.5 Å². The summed E-state index contributed by atoms with van der Waals surface area (Å²) in [6.45, 7) is -0.140. The fourth-order valence-electron chi connectivity index (χ4n) is 2.57. The van der Waals surface area contributed by atoms with E-state index in [4.69, 9.17) is 0 Å². The highest BCUT2D eigenvalue weighted by atomic mass is 16.5. The first kappa shape index (κ1) is 13.2. The molecule has 21 heavy (non-hydrogen) atoms. The molecule has 2 N–H and O–H groups in total. The molecule has 0 saturated carbocycles. The topological polar surface area (TPSA) is 82.6 Å². The molecule has 0 atom stereocenters. The third kappa shape index (κ3) is 2.14. The van der Waals surface area contributed by atoms with Crippen molar-refractivity contribution in [1.82, 2.24) is 9.88 Å². The number of hydrogen-bond donors (Lipinski definition) is 2. The van der Waals surface area contributed by atoms with Crippen LogP contribution in [-0.4, -0.2) is 47.1 Å². The molecule has 1 aliphatic heterocycles. The number of amides is 1. The molecule has 0 bridgehead atoms. The SMILES string of the molecule is COC(=O)N1CC(=O)C(c2c[nH]c3ccccc23)=C(O)C1. The lowest BCUT2D eigenvalue weighted by Gasteiger charge is -2.26. The van der Waals surface area contributed by atoms with Crippen LogP contribution in [0.15, 0.2) is 36.2 Å². The highest BCUT2D eigenvalue weighted by Gasteiger charge is 2.31. The van der Waals surface area contributed by atoms with Gasteiger partial charge in [-0.1, -0.05) is 18.2 Å². The number of para-hydroxylation sites is 1. The minimum absolute atomic E-state index is 0.0345. The summed E-state index contributed by atoms with van der Waals surface area (Å²) in [5.41, 5.74) is 1.79. The second kappa shape index (κ2) is 4.97. The van der Waals surface area contributed by atoms with Crippen molar-refractivity contribution < 1.29 is 19.4 Å². The van der Waals surface area contributed by atoms with Gasteiger partial charge >= 0.3 is 6.09 Å². The fraction of sp³-hybridized carbons (Fsp3) is 0.200. The number of nitrogens with one attached hydrogen (secondary N) is 1. The van der Waals surface area contributed by atoms with Crippen LogP contribution in [0, 0.1) is 0 Å². The van der Waals surface area contributed by atoms with Gasteiger partial charge in [-0.25, -0.2) is 4.79 Å². The number of benzene rings is 1. The summed E-state index contributed by atoms with van der Waals surface area (Å²) < 4.78 is 4.58. The van der Waals surface area contributed by atoms with E-state index in [0.717, 1.165) is 15.8 Å². The van der Waals surface area contributed by atoms with Gasteiger partial charge in [-0.3, -0.25) is 9.69 Å². The van der Waals surface area contributed by atoms with Crippen molar-refractivity contribution in [3.8, 4) is 0 Å². The van der Waals surface area contributed by atoms with E-state index in [1.165, 1.54) is 7.11 Å². The van der Waals surface area contributed by atoms with Crippen LogP contribution in [0.2, 0.25) is 0 Å². The Balaban J connectivity index is 2.05. The molecule has 6 nitrogen and oxygen atoms in total. The minimum atomic E-state index is -0.632. The van der Waals surface area contributed by atoms with Crippen LogP contribution in [0.5, 0.6) is 0 Å². The molecule has 0 fully saturated rings. The highest BCUT2D eigenvalue weighted by Crippen LogP contribution is 2.30. The van der Waals surface area contributed by atoms with Gasteiger partial charge in [0.15, 0.2) is 5.78 Å². The zero-order valence-electron chi connectivity index (χ0n) is 11.4. The normalized spacial score (nSPS) is 15.7. The van der Waals surface area contributed by atoms with Crippen LogP contribution in [0.1, 0.15) is 5.56 Å². The summed E-state index contributed by atoms with van der Waals surface area (Å²) in [6.07, 6.45) is 1.06. The number of H-pyrrole nitrogens is 1. The summed E-state index contributed by atoms with van der Waals surface area (Å²) in [4.78, 5) is 28.0. The molecule has 2 aromatic rings. The van der Waals surface area contributed by atoms with E-state index in [9.17, 15) is 14.7 Å². The van der Waals surface area contributed by atoms with Gasteiger partial charge in [0.1, 0.15) is 5.76 Å². The first-order chi connectivity index (χ1) is 10.1. The first-order valence-electron chi connectivity index (χ1n) is 6.46. The van der Waals surface area contributed by atoms with Gasteiger partial charge in [0.2, 0.25) is 0 Å². The second-order valence-electron chi connectivity index (χ2n) is 4.82. The number of carbonyl (C=O) groups excluding carboxylic acids is 2. The molecule has 0 saturated heterocycles. The van der Waals surface area contributed by atoms with Gasteiger partial charge in [-0.15, -0.1) is 0 Å². The number of rotatable bonds is 1. The minimum Gasteiger partial charge on any atom is -0.510 e. The number of fused-ring (bicyclic) bond motifs is 1. The van der Waals surface area contributed by atoms with E-state index in [1.54, 1.807) is 6.20 Å². The van der Waals surface area contributed by atoms with E-state index < -0.39 is 6.09 Å². The lowest BCUT2D eigenvalue weighted by molar-refractivity contribution is -0.115. The molecular formula is C15H14N2O4. The maximum Gasteiger partial charge on any atom is 0.410 e. The van der Waals surface area contributed by atoms with Crippen LogP contribution in [0.4, 0.5) is 4.79 Å². The summed E-state index contributed by atoms with van der Waals surface area (Å²) in [6, 6.07) is 7.52. The first-order valence-corrected chi connectivity index (χ1v) is 6.46. The number of aromatic amines is 1. The van der Waals surface area contributed by atoms with E-state index in [0.29, 0.717) is 5.56 Å². The van der Waals surface area contributed by atoms with Crippen molar-refractivity contribution in [2.24, 2.45) is 0 Å². The van der Waals surface area contributed by atoms with E-state index in [-0.39, 0.29) is 30.2 Å². The molecule has 1 aromatic carbocycles. The van der Waals surface area contributed by atoms with Crippen molar-refractivity contribution >= 4 is 28.4 Å². The molecule has 6 heteroatoms. The lowest BCUT2D eigenvalue weighted by atomic mass is 9.96. The summed E-state index contributed by atoms with van der Waals surface area (Å²) in [5.74, 6) is -0.435. The maximum atomic E-state index is 12.3. The van der Waals surface area contributed by atoms with Gasteiger partial charge in [0, 0.05) is 22.7 Å². The Morgan fingerprint density at radius 3 is 2.81 bits per heavy atom. The number of carbonyl (C=O) groups is 2. The molecule has 1 amide bonds. The third-order valence-electron chi connectivity index (χ3n) is 3.53. The molecule has 3 rings (SSSR count). The third-order valence-corrected chi connectivity index (χ3v) is 3.53. The molecule has 2 heterocycles. The maximum absolute atomic E-state index is 12.3.